The highest BCUT2D eigenvalue weighted by atomic mass is 16.1. The minimum absolute atomic E-state index is 0.0458. The molecule has 0 radical (unpaired) electrons. The summed E-state index contributed by atoms with van der Waals surface area (Å²) in [4.78, 5) is 16.0. The molecule has 0 bridgehead atoms. The predicted molar refractivity (Wildman–Crippen MR) is 76.4 cm³/mol. The van der Waals surface area contributed by atoms with Gasteiger partial charge in [-0.15, -0.1) is 0 Å². The van der Waals surface area contributed by atoms with E-state index in [4.69, 9.17) is 0 Å². The quantitative estimate of drug-likeness (QED) is 0.781. The number of nitrogens with zero attached hydrogens (tertiary/aromatic N) is 4. The molecule has 1 N–H and O–H groups in total. The van der Waals surface area contributed by atoms with Gasteiger partial charge in [-0.25, -0.2) is 4.98 Å². The van der Waals surface area contributed by atoms with Crippen LogP contribution in [0.3, 0.4) is 0 Å². The first kappa shape index (κ1) is 14.3. The van der Waals surface area contributed by atoms with Crippen molar-refractivity contribution in [1.29, 1.82) is 0 Å². The van der Waals surface area contributed by atoms with Crippen LogP contribution in [0.1, 0.15) is 35.8 Å². The van der Waals surface area contributed by atoms with Crippen molar-refractivity contribution in [3.05, 3.63) is 36.2 Å². The van der Waals surface area contributed by atoms with Gasteiger partial charge in [-0.3, -0.25) is 9.48 Å². The molecule has 0 aliphatic carbocycles. The molecule has 0 aromatic carbocycles. The van der Waals surface area contributed by atoms with Crippen molar-refractivity contribution in [2.24, 2.45) is 0 Å². The highest BCUT2D eigenvalue weighted by Crippen LogP contribution is 2.06. The predicted octanol–water partition coefficient (Wildman–Crippen LogP) is 1.62. The van der Waals surface area contributed by atoms with E-state index in [1.807, 2.05) is 28.6 Å². The van der Waals surface area contributed by atoms with Gasteiger partial charge in [0.25, 0.3) is 5.91 Å². The standard InChI is InChI=1S/C14H21N5O/c1-3-7-19-10-13(12(2)17-19)14(20)16-5-4-8-18-9-6-15-11-18/h6,9-11H,3-5,7-8H2,1-2H3,(H,16,20). The molecule has 1 amide bonds. The monoisotopic (exact) mass is 275 g/mol. The van der Waals surface area contributed by atoms with E-state index in [-0.39, 0.29) is 5.91 Å². The number of rotatable bonds is 7. The maximum absolute atomic E-state index is 12.1. The molecule has 0 aliphatic heterocycles. The van der Waals surface area contributed by atoms with Gasteiger partial charge in [0.05, 0.1) is 17.6 Å². The van der Waals surface area contributed by atoms with Gasteiger partial charge in [-0.2, -0.15) is 5.10 Å². The zero-order valence-electron chi connectivity index (χ0n) is 12.0. The van der Waals surface area contributed by atoms with Crippen molar-refractivity contribution in [1.82, 2.24) is 24.6 Å². The van der Waals surface area contributed by atoms with Gasteiger partial charge in [0.15, 0.2) is 0 Å². The van der Waals surface area contributed by atoms with Gasteiger partial charge in [-0.05, 0) is 19.8 Å². The topological polar surface area (TPSA) is 64.7 Å². The third-order valence-corrected chi connectivity index (χ3v) is 3.08. The molecule has 0 atom stereocenters. The Morgan fingerprint density at radius 1 is 1.40 bits per heavy atom. The first-order valence-electron chi connectivity index (χ1n) is 6.98. The number of hydrogen-bond acceptors (Lipinski definition) is 3. The van der Waals surface area contributed by atoms with Crippen LogP contribution in [0.5, 0.6) is 0 Å². The van der Waals surface area contributed by atoms with E-state index in [2.05, 4.69) is 22.3 Å². The average molecular weight is 275 g/mol. The number of hydrogen-bond donors (Lipinski definition) is 1. The lowest BCUT2D eigenvalue weighted by molar-refractivity contribution is 0.0952. The normalized spacial score (nSPS) is 10.7. The zero-order chi connectivity index (χ0) is 14.4. The Bertz CT molecular complexity index is 544. The summed E-state index contributed by atoms with van der Waals surface area (Å²) in [7, 11) is 0. The van der Waals surface area contributed by atoms with Gasteiger partial charge < -0.3 is 9.88 Å². The summed E-state index contributed by atoms with van der Waals surface area (Å²) in [5.74, 6) is -0.0458. The van der Waals surface area contributed by atoms with E-state index < -0.39 is 0 Å². The summed E-state index contributed by atoms with van der Waals surface area (Å²) in [6.07, 6.45) is 9.16. The lowest BCUT2D eigenvalue weighted by Gasteiger charge is -2.04. The Labute approximate surface area is 118 Å². The minimum atomic E-state index is -0.0458. The largest absolute Gasteiger partial charge is 0.352 e. The highest BCUT2D eigenvalue weighted by molar-refractivity contribution is 5.94. The molecule has 108 valence electrons. The highest BCUT2D eigenvalue weighted by Gasteiger charge is 2.12. The number of carbonyl (C=O) groups is 1. The van der Waals surface area contributed by atoms with Crippen molar-refractivity contribution in [3.63, 3.8) is 0 Å². The van der Waals surface area contributed by atoms with Crippen LogP contribution in [0, 0.1) is 6.92 Å². The van der Waals surface area contributed by atoms with E-state index in [1.165, 1.54) is 0 Å². The lowest BCUT2D eigenvalue weighted by atomic mass is 10.2. The van der Waals surface area contributed by atoms with Gasteiger partial charge in [-0.1, -0.05) is 6.92 Å². The van der Waals surface area contributed by atoms with Crippen LogP contribution in [0.2, 0.25) is 0 Å². The first-order chi connectivity index (χ1) is 9.70. The summed E-state index contributed by atoms with van der Waals surface area (Å²) in [5.41, 5.74) is 1.45. The van der Waals surface area contributed by atoms with Gasteiger partial charge in [0.2, 0.25) is 0 Å². The summed E-state index contributed by atoms with van der Waals surface area (Å²) in [6, 6.07) is 0. The van der Waals surface area contributed by atoms with Crippen LogP contribution in [-0.2, 0) is 13.1 Å². The van der Waals surface area contributed by atoms with Gasteiger partial charge >= 0.3 is 0 Å². The van der Waals surface area contributed by atoms with E-state index in [0.29, 0.717) is 12.1 Å². The number of imidazole rings is 1. The minimum Gasteiger partial charge on any atom is -0.352 e. The molecule has 0 spiro atoms. The maximum Gasteiger partial charge on any atom is 0.254 e. The number of aromatic nitrogens is 4. The van der Waals surface area contributed by atoms with Gasteiger partial charge in [0.1, 0.15) is 0 Å². The van der Waals surface area contributed by atoms with E-state index in [1.54, 1.807) is 12.5 Å². The second-order valence-electron chi connectivity index (χ2n) is 4.80. The van der Waals surface area contributed by atoms with Crippen LogP contribution in [-0.4, -0.2) is 31.8 Å². The zero-order valence-corrected chi connectivity index (χ0v) is 12.0. The second-order valence-corrected chi connectivity index (χ2v) is 4.80. The van der Waals surface area contributed by atoms with Crippen LogP contribution < -0.4 is 5.32 Å². The average Bonchev–Trinajstić information content (AvgIpc) is 3.05. The third-order valence-electron chi connectivity index (χ3n) is 3.08. The van der Waals surface area contributed by atoms with Crippen molar-refractivity contribution in [2.45, 2.75) is 39.8 Å². The summed E-state index contributed by atoms with van der Waals surface area (Å²) in [5, 5.41) is 7.27. The Morgan fingerprint density at radius 3 is 2.95 bits per heavy atom. The number of carbonyl (C=O) groups excluding carboxylic acids is 1. The maximum atomic E-state index is 12.1. The number of amides is 1. The Hall–Kier alpha value is -2.11. The van der Waals surface area contributed by atoms with Crippen molar-refractivity contribution < 1.29 is 4.79 Å². The van der Waals surface area contributed by atoms with Crippen LogP contribution in [0.4, 0.5) is 0 Å². The molecule has 0 aliphatic rings. The Balaban J connectivity index is 1.79. The summed E-state index contributed by atoms with van der Waals surface area (Å²) < 4.78 is 3.83. The second kappa shape index (κ2) is 6.88. The molecule has 6 nitrogen and oxygen atoms in total. The molecule has 2 rings (SSSR count). The fourth-order valence-corrected chi connectivity index (χ4v) is 2.06. The van der Waals surface area contributed by atoms with Crippen LogP contribution in [0.15, 0.2) is 24.9 Å². The van der Waals surface area contributed by atoms with Crippen molar-refractivity contribution >= 4 is 5.91 Å². The molecule has 0 fully saturated rings. The molecule has 6 heteroatoms. The van der Waals surface area contributed by atoms with Crippen molar-refractivity contribution in [3.8, 4) is 0 Å². The molecular weight excluding hydrogens is 254 g/mol. The smallest absolute Gasteiger partial charge is 0.254 e. The summed E-state index contributed by atoms with van der Waals surface area (Å²) >= 11 is 0. The first-order valence-corrected chi connectivity index (χ1v) is 6.98. The van der Waals surface area contributed by atoms with Crippen LogP contribution in [0.25, 0.3) is 0 Å². The SMILES string of the molecule is CCCn1cc(C(=O)NCCCn2ccnc2)c(C)n1. The molecule has 2 aromatic rings. The molecule has 0 saturated carbocycles. The number of aryl methyl sites for hydroxylation is 3. The van der Waals surface area contributed by atoms with Crippen LogP contribution >= 0.6 is 0 Å². The van der Waals surface area contributed by atoms with Crippen molar-refractivity contribution in [2.75, 3.05) is 6.54 Å². The third kappa shape index (κ3) is 3.69. The molecule has 2 aromatic heterocycles. The fraction of sp³-hybridized carbons (Fsp3) is 0.500. The number of nitrogens with one attached hydrogen (secondary N) is 1. The van der Waals surface area contributed by atoms with E-state index in [0.717, 1.165) is 31.6 Å². The fourth-order valence-electron chi connectivity index (χ4n) is 2.06. The lowest BCUT2D eigenvalue weighted by Crippen LogP contribution is -2.25. The molecule has 0 unspecified atom stereocenters. The molecular formula is C14H21N5O. The van der Waals surface area contributed by atoms with Gasteiger partial charge in [0, 0.05) is 38.2 Å². The summed E-state index contributed by atoms with van der Waals surface area (Å²) in [6.45, 7) is 6.30. The Morgan fingerprint density at radius 2 is 2.25 bits per heavy atom. The molecule has 2 heterocycles. The van der Waals surface area contributed by atoms with E-state index in [9.17, 15) is 4.79 Å². The Kier molecular flexibility index (Phi) is 4.92. The molecule has 0 saturated heterocycles. The van der Waals surface area contributed by atoms with E-state index >= 15 is 0 Å². The molecule has 20 heavy (non-hydrogen) atoms.